The minimum Gasteiger partial charge on any atom is -0.367 e. The van der Waals surface area contributed by atoms with E-state index in [0.29, 0.717) is 6.04 Å². The van der Waals surface area contributed by atoms with Crippen LogP contribution in [0.25, 0.3) is 21.7 Å². The topological polar surface area (TPSA) is 37.8 Å². The van der Waals surface area contributed by atoms with E-state index in [9.17, 15) is 0 Å². The first-order valence-corrected chi connectivity index (χ1v) is 11.4. The van der Waals surface area contributed by atoms with Gasteiger partial charge in [-0.2, -0.15) is 0 Å². The summed E-state index contributed by atoms with van der Waals surface area (Å²) in [6, 6.07) is 13.7. The molecular weight excluding hydrogens is 362 g/mol. The molecule has 3 nitrogen and oxygen atoms in total. The fraction of sp³-hybridized carbons (Fsp3) is 0.417. The highest BCUT2D eigenvalue weighted by Gasteiger charge is 2.17. The molecule has 1 fully saturated rings. The first-order valence-electron chi connectivity index (χ1n) is 10.6. The number of nitrogens with zero attached hydrogens (tertiary/aromatic N) is 2. The Kier molecular flexibility index (Phi) is 6.06. The average molecular weight is 392 g/mol. The van der Waals surface area contributed by atoms with Crippen molar-refractivity contribution >= 4 is 17.2 Å². The third kappa shape index (κ3) is 4.27. The zero-order valence-corrected chi connectivity index (χ0v) is 17.7. The zero-order chi connectivity index (χ0) is 19.3. The molecule has 1 aliphatic carbocycles. The van der Waals surface area contributed by atoms with Gasteiger partial charge in [0, 0.05) is 17.8 Å². The summed E-state index contributed by atoms with van der Waals surface area (Å²) in [5.41, 5.74) is 4.88. The van der Waals surface area contributed by atoms with Gasteiger partial charge in [-0.25, -0.2) is 9.97 Å². The smallest absolute Gasteiger partial charge is 0.126 e. The summed E-state index contributed by atoms with van der Waals surface area (Å²) >= 11 is 1.81. The summed E-state index contributed by atoms with van der Waals surface area (Å²) < 4.78 is 0. The lowest BCUT2D eigenvalue weighted by atomic mass is 9.95. The summed E-state index contributed by atoms with van der Waals surface area (Å²) in [7, 11) is 0. The molecule has 0 radical (unpaired) electrons. The Morgan fingerprint density at radius 1 is 1.00 bits per heavy atom. The molecule has 28 heavy (non-hydrogen) atoms. The van der Waals surface area contributed by atoms with Crippen LogP contribution in [-0.4, -0.2) is 16.0 Å². The Balaban J connectivity index is 1.68. The van der Waals surface area contributed by atoms with Gasteiger partial charge in [0.2, 0.25) is 0 Å². The summed E-state index contributed by atoms with van der Waals surface area (Å²) in [5.74, 6) is 0.990. The van der Waals surface area contributed by atoms with E-state index in [0.717, 1.165) is 24.4 Å². The number of thiazole rings is 1. The lowest BCUT2D eigenvalue weighted by Crippen LogP contribution is -2.22. The van der Waals surface area contributed by atoms with E-state index in [1.165, 1.54) is 58.7 Å². The van der Waals surface area contributed by atoms with Crippen LogP contribution in [0.5, 0.6) is 0 Å². The van der Waals surface area contributed by atoms with Crippen LogP contribution >= 0.6 is 11.3 Å². The molecule has 4 heteroatoms. The quantitative estimate of drug-likeness (QED) is 0.505. The molecule has 1 aliphatic rings. The molecule has 2 heterocycles. The van der Waals surface area contributed by atoms with Crippen LogP contribution in [0.3, 0.4) is 0 Å². The number of pyridine rings is 1. The Bertz CT molecular complexity index is 925. The molecule has 146 valence electrons. The van der Waals surface area contributed by atoms with Crippen LogP contribution in [-0.2, 0) is 12.8 Å². The van der Waals surface area contributed by atoms with Gasteiger partial charge in [0.1, 0.15) is 5.82 Å². The Labute approximate surface area is 172 Å². The molecule has 0 aliphatic heterocycles. The summed E-state index contributed by atoms with van der Waals surface area (Å²) in [4.78, 5) is 10.8. The van der Waals surface area contributed by atoms with Crippen LogP contribution < -0.4 is 5.32 Å². The average Bonchev–Trinajstić information content (AvgIpc) is 3.19. The van der Waals surface area contributed by atoms with E-state index in [4.69, 9.17) is 4.98 Å². The number of aryl methyl sites for hydroxylation is 2. The van der Waals surface area contributed by atoms with Gasteiger partial charge in [0.05, 0.1) is 15.6 Å². The van der Waals surface area contributed by atoms with Gasteiger partial charge in [-0.05, 0) is 55.0 Å². The van der Waals surface area contributed by atoms with Crippen LogP contribution in [0.4, 0.5) is 5.82 Å². The van der Waals surface area contributed by atoms with E-state index in [1.54, 1.807) is 0 Å². The third-order valence-electron chi connectivity index (χ3n) is 5.56. The van der Waals surface area contributed by atoms with Gasteiger partial charge in [-0.15, -0.1) is 11.3 Å². The van der Waals surface area contributed by atoms with Crippen molar-refractivity contribution in [2.24, 2.45) is 0 Å². The fourth-order valence-corrected chi connectivity index (χ4v) is 4.97. The first-order chi connectivity index (χ1) is 13.8. The second-order valence-corrected chi connectivity index (χ2v) is 8.69. The van der Waals surface area contributed by atoms with Crippen molar-refractivity contribution in [3.05, 3.63) is 53.2 Å². The highest BCUT2D eigenvalue weighted by atomic mass is 32.1. The van der Waals surface area contributed by atoms with Crippen molar-refractivity contribution < 1.29 is 0 Å². The van der Waals surface area contributed by atoms with Crippen molar-refractivity contribution in [2.45, 2.75) is 64.8 Å². The fourth-order valence-electron chi connectivity index (χ4n) is 3.95. The predicted octanol–water partition coefficient (Wildman–Crippen LogP) is 6.74. The molecule has 0 unspecified atom stereocenters. The van der Waals surface area contributed by atoms with E-state index >= 15 is 0 Å². The standard InChI is InChI=1S/C24H29N3S/c1-3-17-9-8-10-18(15-17)23-24(28-22(4-2)27-23)19-13-14-25-21(16-19)26-20-11-6-5-7-12-20/h8-10,13-16,20H,3-7,11-12H2,1-2H3,(H,25,26). The molecule has 1 saturated carbocycles. The maximum atomic E-state index is 4.97. The summed E-state index contributed by atoms with van der Waals surface area (Å²) in [5, 5.41) is 4.85. The van der Waals surface area contributed by atoms with Crippen LogP contribution in [0.1, 0.15) is 56.5 Å². The molecule has 0 amide bonds. The maximum Gasteiger partial charge on any atom is 0.126 e. The van der Waals surface area contributed by atoms with E-state index in [1.807, 2.05) is 17.5 Å². The third-order valence-corrected chi connectivity index (χ3v) is 6.81. The van der Waals surface area contributed by atoms with Crippen molar-refractivity contribution in [1.82, 2.24) is 9.97 Å². The number of rotatable bonds is 6. The molecular formula is C24H29N3S. The number of aromatic nitrogens is 2. The molecule has 0 spiro atoms. The highest BCUT2D eigenvalue weighted by molar-refractivity contribution is 7.15. The summed E-state index contributed by atoms with van der Waals surface area (Å²) in [6.45, 7) is 4.38. The molecule has 0 bridgehead atoms. The number of hydrogen-bond donors (Lipinski definition) is 1. The Morgan fingerprint density at radius 2 is 1.86 bits per heavy atom. The number of nitrogens with one attached hydrogen (secondary N) is 1. The molecule has 1 aromatic carbocycles. The highest BCUT2D eigenvalue weighted by Crippen LogP contribution is 2.38. The zero-order valence-electron chi connectivity index (χ0n) is 16.9. The largest absolute Gasteiger partial charge is 0.367 e. The number of hydrogen-bond acceptors (Lipinski definition) is 4. The van der Waals surface area contributed by atoms with E-state index in [-0.39, 0.29) is 0 Å². The minimum atomic E-state index is 0.560. The van der Waals surface area contributed by atoms with Gasteiger partial charge in [-0.1, -0.05) is 51.3 Å². The number of anilines is 1. The Morgan fingerprint density at radius 3 is 2.64 bits per heavy atom. The van der Waals surface area contributed by atoms with Crippen molar-refractivity contribution in [3.8, 4) is 21.7 Å². The molecule has 2 aromatic heterocycles. The molecule has 1 N–H and O–H groups in total. The van der Waals surface area contributed by atoms with Gasteiger partial charge >= 0.3 is 0 Å². The first kappa shape index (κ1) is 19.1. The second kappa shape index (κ2) is 8.87. The maximum absolute atomic E-state index is 4.97. The van der Waals surface area contributed by atoms with Gasteiger partial charge in [0.25, 0.3) is 0 Å². The lowest BCUT2D eigenvalue weighted by molar-refractivity contribution is 0.462. The van der Waals surface area contributed by atoms with Crippen LogP contribution in [0.2, 0.25) is 0 Å². The monoisotopic (exact) mass is 391 g/mol. The van der Waals surface area contributed by atoms with E-state index in [2.05, 4.69) is 60.5 Å². The number of benzene rings is 1. The van der Waals surface area contributed by atoms with Gasteiger partial charge < -0.3 is 5.32 Å². The van der Waals surface area contributed by atoms with Crippen LogP contribution in [0, 0.1) is 0 Å². The second-order valence-electron chi connectivity index (χ2n) is 7.60. The minimum absolute atomic E-state index is 0.560. The van der Waals surface area contributed by atoms with Gasteiger partial charge in [-0.3, -0.25) is 0 Å². The van der Waals surface area contributed by atoms with Crippen molar-refractivity contribution in [3.63, 3.8) is 0 Å². The van der Waals surface area contributed by atoms with Crippen molar-refractivity contribution in [2.75, 3.05) is 5.32 Å². The molecule has 0 atom stereocenters. The van der Waals surface area contributed by atoms with E-state index < -0.39 is 0 Å². The molecule has 3 aromatic rings. The summed E-state index contributed by atoms with van der Waals surface area (Å²) in [6.07, 6.45) is 10.4. The molecule has 0 saturated heterocycles. The van der Waals surface area contributed by atoms with Crippen LogP contribution in [0.15, 0.2) is 42.6 Å². The van der Waals surface area contributed by atoms with Gasteiger partial charge in [0.15, 0.2) is 0 Å². The SMILES string of the molecule is CCc1cccc(-c2nc(CC)sc2-c2ccnc(NC3CCCCC3)c2)c1. The lowest BCUT2D eigenvalue weighted by Gasteiger charge is -2.23. The normalized spacial score (nSPS) is 14.9. The molecule has 4 rings (SSSR count). The van der Waals surface area contributed by atoms with Crippen molar-refractivity contribution in [1.29, 1.82) is 0 Å². The Hall–Kier alpha value is -2.20. The predicted molar refractivity (Wildman–Crippen MR) is 120 cm³/mol.